The van der Waals surface area contributed by atoms with Gasteiger partial charge in [-0.3, -0.25) is 9.69 Å². The highest BCUT2D eigenvalue weighted by atomic mass is 16.2. The van der Waals surface area contributed by atoms with Crippen LogP contribution in [0.2, 0.25) is 0 Å². The van der Waals surface area contributed by atoms with Crippen LogP contribution in [0, 0.1) is 0 Å². The Morgan fingerprint density at radius 3 is 3.00 bits per heavy atom. The summed E-state index contributed by atoms with van der Waals surface area (Å²) in [5.74, 6) is 0.213. The lowest BCUT2D eigenvalue weighted by Gasteiger charge is -2.43. The van der Waals surface area contributed by atoms with Gasteiger partial charge in [0.25, 0.3) is 0 Å². The second-order valence-corrected chi connectivity index (χ2v) is 3.86. The largest absolute Gasteiger partial charge is 0.340 e. The summed E-state index contributed by atoms with van der Waals surface area (Å²) in [5, 5.41) is 3.36. The maximum atomic E-state index is 11.2. The molecular formula is C9H17N3O. The quantitative estimate of drug-likeness (QED) is 0.530. The van der Waals surface area contributed by atoms with Gasteiger partial charge < -0.3 is 10.2 Å². The van der Waals surface area contributed by atoms with Crippen LogP contribution in [0.4, 0.5) is 0 Å². The SMILES string of the molecule is CC(=O)N1CCN2CCNC[C@H]2C1. The molecule has 0 unspecified atom stereocenters. The molecule has 2 saturated heterocycles. The fourth-order valence-electron chi connectivity index (χ4n) is 2.16. The second kappa shape index (κ2) is 3.64. The Hall–Kier alpha value is -0.610. The first-order valence-corrected chi connectivity index (χ1v) is 4.97. The zero-order valence-electron chi connectivity index (χ0n) is 8.12. The molecule has 2 rings (SSSR count). The number of amides is 1. The first-order valence-electron chi connectivity index (χ1n) is 4.97. The van der Waals surface area contributed by atoms with Gasteiger partial charge in [0.05, 0.1) is 0 Å². The van der Waals surface area contributed by atoms with Gasteiger partial charge in [-0.1, -0.05) is 0 Å². The second-order valence-electron chi connectivity index (χ2n) is 3.86. The van der Waals surface area contributed by atoms with Crippen LogP contribution < -0.4 is 5.32 Å². The number of carbonyl (C=O) groups excluding carboxylic acids is 1. The van der Waals surface area contributed by atoms with Crippen molar-refractivity contribution in [2.75, 3.05) is 39.3 Å². The molecular weight excluding hydrogens is 166 g/mol. The topological polar surface area (TPSA) is 35.6 Å². The van der Waals surface area contributed by atoms with E-state index < -0.39 is 0 Å². The van der Waals surface area contributed by atoms with Gasteiger partial charge in [0.2, 0.25) is 5.91 Å². The molecule has 0 bridgehead atoms. The Bertz CT molecular complexity index is 207. The van der Waals surface area contributed by atoms with Crippen LogP contribution in [0.25, 0.3) is 0 Å². The van der Waals surface area contributed by atoms with Crippen molar-refractivity contribution in [2.45, 2.75) is 13.0 Å². The number of nitrogens with zero attached hydrogens (tertiary/aromatic N) is 2. The first-order chi connectivity index (χ1) is 6.27. The highest BCUT2D eigenvalue weighted by Crippen LogP contribution is 2.11. The molecule has 1 atom stereocenters. The maximum absolute atomic E-state index is 11.2. The minimum atomic E-state index is 0.213. The van der Waals surface area contributed by atoms with Gasteiger partial charge in [-0.25, -0.2) is 0 Å². The molecule has 2 aliphatic heterocycles. The van der Waals surface area contributed by atoms with Crippen LogP contribution in [0.5, 0.6) is 0 Å². The van der Waals surface area contributed by atoms with Crippen molar-refractivity contribution in [1.82, 2.24) is 15.1 Å². The zero-order valence-corrected chi connectivity index (χ0v) is 8.12. The van der Waals surface area contributed by atoms with Crippen molar-refractivity contribution >= 4 is 5.91 Å². The molecule has 2 heterocycles. The molecule has 0 saturated carbocycles. The lowest BCUT2D eigenvalue weighted by molar-refractivity contribution is -0.132. The van der Waals surface area contributed by atoms with Gasteiger partial charge in [-0.15, -0.1) is 0 Å². The summed E-state index contributed by atoms with van der Waals surface area (Å²) in [5.41, 5.74) is 0. The smallest absolute Gasteiger partial charge is 0.219 e. The number of carbonyl (C=O) groups is 1. The number of hydrogen-bond donors (Lipinski definition) is 1. The molecule has 0 spiro atoms. The molecule has 2 fully saturated rings. The molecule has 0 aromatic heterocycles. The van der Waals surface area contributed by atoms with Crippen LogP contribution in [0.3, 0.4) is 0 Å². The maximum Gasteiger partial charge on any atom is 0.219 e. The van der Waals surface area contributed by atoms with Crippen molar-refractivity contribution < 1.29 is 4.79 Å². The summed E-state index contributed by atoms with van der Waals surface area (Å²) in [7, 11) is 0. The third-order valence-electron chi connectivity index (χ3n) is 3.01. The number of nitrogens with one attached hydrogen (secondary N) is 1. The summed E-state index contributed by atoms with van der Waals surface area (Å²) >= 11 is 0. The van der Waals surface area contributed by atoms with Crippen molar-refractivity contribution in [3.8, 4) is 0 Å². The fourth-order valence-corrected chi connectivity index (χ4v) is 2.16. The summed E-state index contributed by atoms with van der Waals surface area (Å²) in [6.07, 6.45) is 0. The van der Waals surface area contributed by atoms with Gasteiger partial charge in [-0.05, 0) is 0 Å². The standard InChI is InChI=1S/C9H17N3O/c1-8(13)12-5-4-11-3-2-10-6-9(11)7-12/h9-10H,2-7H2,1H3/t9-/m0/s1. The molecule has 0 aromatic carbocycles. The lowest BCUT2D eigenvalue weighted by Crippen LogP contribution is -2.61. The number of piperazine rings is 2. The van der Waals surface area contributed by atoms with Gasteiger partial charge in [0.1, 0.15) is 0 Å². The van der Waals surface area contributed by atoms with Crippen LogP contribution in [0.1, 0.15) is 6.92 Å². The van der Waals surface area contributed by atoms with E-state index in [9.17, 15) is 4.79 Å². The molecule has 4 heteroatoms. The van der Waals surface area contributed by atoms with Crippen LogP contribution in [0.15, 0.2) is 0 Å². The molecule has 0 aliphatic carbocycles. The number of fused-ring (bicyclic) bond motifs is 1. The van der Waals surface area contributed by atoms with Gasteiger partial charge in [0, 0.05) is 52.2 Å². The summed E-state index contributed by atoms with van der Waals surface area (Å²) in [4.78, 5) is 15.6. The average Bonchev–Trinajstić information content (AvgIpc) is 2.17. The van der Waals surface area contributed by atoms with E-state index in [4.69, 9.17) is 0 Å². The highest BCUT2D eigenvalue weighted by Gasteiger charge is 2.29. The molecule has 1 N–H and O–H groups in total. The summed E-state index contributed by atoms with van der Waals surface area (Å²) in [6.45, 7) is 7.78. The minimum absolute atomic E-state index is 0.213. The zero-order chi connectivity index (χ0) is 9.26. The summed E-state index contributed by atoms with van der Waals surface area (Å²) < 4.78 is 0. The number of hydrogen-bond acceptors (Lipinski definition) is 3. The van der Waals surface area contributed by atoms with Crippen molar-refractivity contribution in [2.24, 2.45) is 0 Å². The Kier molecular flexibility index (Phi) is 2.51. The third-order valence-corrected chi connectivity index (χ3v) is 3.01. The van der Waals surface area contributed by atoms with E-state index in [-0.39, 0.29) is 5.91 Å². The monoisotopic (exact) mass is 183 g/mol. The number of rotatable bonds is 0. The Labute approximate surface area is 78.9 Å². The van der Waals surface area contributed by atoms with Crippen LogP contribution >= 0.6 is 0 Å². The van der Waals surface area contributed by atoms with Crippen LogP contribution in [-0.2, 0) is 4.79 Å². The summed E-state index contributed by atoms with van der Waals surface area (Å²) in [6, 6.07) is 0.548. The molecule has 0 radical (unpaired) electrons. The first kappa shape index (κ1) is 8.97. The van der Waals surface area contributed by atoms with E-state index in [0.717, 1.165) is 39.3 Å². The molecule has 4 nitrogen and oxygen atoms in total. The normalized spacial score (nSPS) is 29.9. The molecule has 2 aliphatic rings. The predicted octanol–water partition coefficient (Wildman–Crippen LogP) is -0.878. The van der Waals surface area contributed by atoms with Gasteiger partial charge in [0.15, 0.2) is 0 Å². The van der Waals surface area contributed by atoms with E-state index in [0.29, 0.717) is 6.04 Å². The van der Waals surface area contributed by atoms with E-state index in [1.165, 1.54) is 0 Å². The Morgan fingerprint density at radius 1 is 1.38 bits per heavy atom. The Morgan fingerprint density at radius 2 is 2.23 bits per heavy atom. The van der Waals surface area contributed by atoms with Crippen molar-refractivity contribution in [1.29, 1.82) is 0 Å². The average molecular weight is 183 g/mol. The Balaban J connectivity index is 1.95. The van der Waals surface area contributed by atoms with E-state index >= 15 is 0 Å². The fraction of sp³-hybridized carbons (Fsp3) is 0.889. The predicted molar refractivity (Wildman–Crippen MR) is 50.5 cm³/mol. The molecule has 13 heavy (non-hydrogen) atoms. The van der Waals surface area contributed by atoms with E-state index in [1.54, 1.807) is 6.92 Å². The van der Waals surface area contributed by atoms with Crippen molar-refractivity contribution in [3.63, 3.8) is 0 Å². The molecule has 1 amide bonds. The van der Waals surface area contributed by atoms with E-state index in [1.807, 2.05) is 4.90 Å². The van der Waals surface area contributed by atoms with Crippen LogP contribution in [-0.4, -0.2) is 61.0 Å². The lowest BCUT2D eigenvalue weighted by atomic mass is 10.1. The molecule has 74 valence electrons. The highest BCUT2D eigenvalue weighted by molar-refractivity contribution is 5.73. The third kappa shape index (κ3) is 1.84. The molecule has 0 aromatic rings. The van der Waals surface area contributed by atoms with Gasteiger partial charge in [-0.2, -0.15) is 0 Å². The van der Waals surface area contributed by atoms with Gasteiger partial charge >= 0.3 is 0 Å². The minimum Gasteiger partial charge on any atom is -0.340 e. The van der Waals surface area contributed by atoms with E-state index in [2.05, 4.69) is 10.2 Å². The van der Waals surface area contributed by atoms with Crippen molar-refractivity contribution in [3.05, 3.63) is 0 Å².